The fourth-order valence-corrected chi connectivity index (χ4v) is 4.05. The monoisotopic (exact) mass is 239 g/mol. The normalized spacial score (nSPS) is 11.3. The smallest absolute Gasteiger partial charge is 0.0843 e. The Kier molecular flexibility index (Phi) is 4.27. The van der Waals surface area contributed by atoms with E-state index in [1.807, 2.05) is 24.3 Å². The lowest BCUT2D eigenvalue weighted by Gasteiger charge is -1.90. The van der Waals surface area contributed by atoms with E-state index in [1.165, 1.54) is 4.90 Å². The Morgan fingerprint density at radius 1 is 1.36 bits per heavy atom. The highest BCUT2D eigenvalue weighted by atomic mass is 35.5. The Morgan fingerprint density at radius 3 is 2.36 bits per heavy atom. The second-order valence-electron chi connectivity index (χ2n) is 1.83. The molecule has 0 fully saturated rings. The number of hydrogen-bond acceptors (Lipinski definition) is 2. The molecule has 0 saturated carbocycles. The summed E-state index contributed by atoms with van der Waals surface area (Å²) < 4.78 is 0. The van der Waals surface area contributed by atoms with Crippen molar-refractivity contribution in [1.29, 1.82) is 0 Å². The zero-order chi connectivity index (χ0) is 8.27. The van der Waals surface area contributed by atoms with Crippen LogP contribution in [-0.4, -0.2) is 0 Å². The summed E-state index contributed by atoms with van der Waals surface area (Å²) in [7, 11) is 2.63. The van der Waals surface area contributed by atoms with Gasteiger partial charge in [-0.3, -0.25) is 0 Å². The third kappa shape index (κ3) is 3.83. The van der Waals surface area contributed by atoms with Crippen molar-refractivity contribution in [2.24, 2.45) is 0 Å². The molecule has 0 aromatic heterocycles. The molecular formula is C6H6ClP2S2+. The molecule has 2 atom stereocenters. The minimum atomic E-state index is -0.413. The van der Waals surface area contributed by atoms with Gasteiger partial charge in [-0.1, -0.05) is 11.6 Å². The third-order valence-corrected chi connectivity index (χ3v) is 4.72. The van der Waals surface area contributed by atoms with Crippen molar-refractivity contribution in [3.05, 3.63) is 29.3 Å². The van der Waals surface area contributed by atoms with Crippen molar-refractivity contribution in [1.82, 2.24) is 0 Å². The molecular weight excluding hydrogens is 234 g/mol. The summed E-state index contributed by atoms with van der Waals surface area (Å²) in [6.07, 6.45) is 0. The molecule has 58 valence electrons. The molecule has 0 saturated heterocycles. The predicted octanol–water partition coefficient (Wildman–Crippen LogP) is 4.08. The SMILES string of the molecule is P[P+](=S)Sc1ccc(Cl)cc1. The molecule has 0 radical (unpaired) electrons. The summed E-state index contributed by atoms with van der Waals surface area (Å²) >= 11 is 12.5. The highest BCUT2D eigenvalue weighted by Crippen LogP contribution is 2.50. The van der Waals surface area contributed by atoms with Gasteiger partial charge in [0.2, 0.25) is 0 Å². The van der Waals surface area contributed by atoms with Crippen LogP contribution in [0.5, 0.6) is 0 Å². The first-order valence-electron chi connectivity index (χ1n) is 2.84. The summed E-state index contributed by atoms with van der Waals surface area (Å²) in [6.45, 7) is 0. The second kappa shape index (κ2) is 4.74. The van der Waals surface area contributed by atoms with Crippen LogP contribution in [0.15, 0.2) is 29.2 Å². The standard InChI is InChI=1S/C6H6ClP2S2/c7-5-1-3-6(4-2-5)11-9(8)10/h1-4H,8H2/q+1. The zero-order valence-electron chi connectivity index (χ0n) is 5.53. The Hall–Kier alpha value is 0.810. The topological polar surface area (TPSA) is 0 Å². The maximum atomic E-state index is 5.71. The first kappa shape index (κ1) is 9.89. The van der Waals surface area contributed by atoms with E-state index in [1.54, 1.807) is 11.4 Å². The Balaban J connectivity index is 2.74. The van der Waals surface area contributed by atoms with E-state index < -0.39 is 5.59 Å². The molecule has 0 aliphatic rings. The van der Waals surface area contributed by atoms with Crippen LogP contribution >= 0.6 is 37.5 Å². The second-order valence-corrected chi connectivity index (χ2v) is 10.9. The molecule has 11 heavy (non-hydrogen) atoms. The molecule has 0 amide bonds. The van der Waals surface area contributed by atoms with Gasteiger partial charge >= 0.3 is 0 Å². The highest BCUT2D eigenvalue weighted by Gasteiger charge is 2.05. The van der Waals surface area contributed by atoms with Gasteiger partial charge in [0.25, 0.3) is 5.59 Å². The molecule has 0 spiro atoms. The zero-order valence-corrected chi connectivity index (χ0v) is 9.97. The molecule has 0 heterocycles. The minimum absolute atomic E-state index is 0.413. The summed E-state index contributed by atoms with van der Waals surface area (Å²) in [5, 5.41) is 0.770. The lowest BCUT2D eigenvalue weighted by Crippen LogP contribution is -1.64. The van der Waals surface area contributed by atoms with Crippen molar-refractivity contribution >= 4 is 49.3 Å². The van der Waals surface area contributed by atoms with Gasteiger partial charge in [0.15, 0.2) is 11.8 Å². The lowest BCUT2D eigenvalue weighted by atomic mass is 10.4. The molecule has 0 nitrogen and oxygen atoms in total. The van der Waals surface area contributed by atoms with E-state index in [0.29, 0.717) is 0 Å². The van der Waals surface area contributed by atoms with Gasteiger partial charge in [0.1, 0.15) is 20.3 Å². The van der Waals surface area contributed by atoms with Gasteiger partial charge in [0.05, 0.1) is 4.90 Å². The van der Waals surface area contributed by atoms with Crippen LogP contribution in [0.4, 0.5) is 0 Å². The van der Waals surface area contributed by atoms with Crippen LogP contribution < -0.4 is 0 Å². The quantitative estimate of drug-likeness (QED) is 0.714. The largest absolute Gasteiger partial charge is 0.261 e. The van der Waals surface area contributed by atoms with Crippen LogP contribution in [0.3, 0.4) is 0 Å². The fraction of sp³-hybridized carbons (Fsp3) is 0. The van der Waals surface area contributed by atoms with Crippen LogP contribution in [0.1, 0.15) is 0 Å². The van der Waals surface area contributed by atoms with Crippen molar-refractivity contribution in [2.75, 3.05) is 0 Å². The van der Waals surface area contributed by atoms with Gasteiger partial charge in [-0.25, -0.2) is 0 Å². The van der Waals surface area contributed by atoms with E-state index in [4.69, 9.17) is 23.4 Å². The Bertz CT molecular complexity index is 260. The van der Waals surface area contributed by atoms with Crippen molar-refractivity contribution in [3.63, 3.8) is 0 Å². The first-order valence-corrected chi connectivity index (χ1v) is 8.61. The highest BCUT2D eigenvalue weighted by molar-refractivity contribution is 8.79. The lowest BCUT2D eigenvalue weighted by molar-refractivity contribution is 1.48. The molecule has 1 aromatic carbocycles. The van der Waals surface area contributed by atoms with Crippen LogP contribution in [0.25, 0.3) is 0 Å². The van der Waals surface area contributed by atoms with Gasteiger partial charge in [0, 0.05) is 5.02 Å². The summed E-state index contributed by atoms with van der Waals surface area (Å²) in [5.41, 5.74) is -0.413. The average molecular weight is 240 g/mol. The molecule has 0 aliphatic carbocycles. The van der Waals surface area contributed by atoms with E-state index in [9.17, 15) is 0 Å². The van der Waals surface area contributed by atoms with E-state index in [0.717, 1.165) is 5.02 Å². The third-order valence-electron chi connectivity index (χ3n) is 1.01. The molecule has 1 rings (SSSR count). The number of rotatable bonds is 2. The first-order chi connectivity index (χ1) is 5.18. The average Bonchev–Trinajstić information content (AvgIpc) is 1.93. The maximum Gasteiger partial charge on any atom is 0.261 e. The number of halogens is 1. The predicted molar refractivity (Wildman–Crippen MR) is 61.3 cm³/mol. The molecule has 0 bridgehead atoms. The van der Waals surface area contributed by atoms with Crippen molar-refractivity contribution in [2.45, 2.75) is 4.90 Å². The Morgan fingerprint density at radius 2 is 1.91 bits per heavy atom. The maximum absolute atomic E-state index is 5.71. The summed E-state index contributed by atoms with van der Waals surface area (Å²) in [4.78, 5) is 1.19. The van der Waals surface area contributed by atoms with Gasteiger partial charge < -0.3 is 0 Å². The number of benzene rings is 1. The van der Waals surface area contributed by atoms with Gasteiger partial charge in [-0.2, -0.15) is 0 Å². The van der Waals surface area contributed by atoms with E-state index >= 15 is 0 Å². The fourth-order valence-electron chi connectivity index (χ4n) is 0.599. The van der Waals surface area contributed by atoms with Crippen molar-refractivity contribution in [3.8, 4) is 0 Å². The molecule has 2 unspecified atom stereocenters. The number of hydrogen-bond donors (Lipinski definition) is 0. The van der Waals surface area contributed by atoms with Crippen LogP contribution in [0.2, 0.25) is 5.02 Å². The molecule has 0 N–H and O–H groups in total. The molecule has 1 aromatic rings. The van der Waals surface area contributed by atoms with E-state index in [2.05, 4.69) is 8.93 Å². The minimum Gasteiger partial charge on any atom is -0.0843 e. The molecule has 0 aliphatic heterocycles. The van der Waals surface area contributed by atoms with Gasteiger partial charge in [-0.15, -0.1) is 0 Å². The van der Waals surface area contributed by atoms with Crippen molar-refractivity contribution < 1.29 is 0 Å². The Labute approximate surface area is 83.4 Å². The summed E-state index contributed by atoms with van der Waals surface area (Å²) in [6, 6.07) is 7.73. The summed E-state index contributed by atoms with van der Waals surface area (Å²) in [5.74, 6) is 0. The van der Waals surface area contributed by atoms with Crippen LogP contribution in [-0.2, 0) is 11.8 Å². The van der Waals surface area contributed by atoms with E-state index in [-0.39, 0.29) is 0 Å². The van der Waals surface area contributed by atoms with Gasteiger partial charge in [-0.05, 0) is 24.3 Å². The molecule has 5 heteroatoms. The van der Waals surface area contributed by atoms with Crippen LogP contribution in [0, 0.1) is 0 Å².